The van der Waals surface area contributed by atoms with E-state index >= 15 is 0 Å². The molecule has 114 valence electrons. The van der Waals surface area contributed by atoms with Gasteiger partial charge in [-0.15, -0.1) is 11.3 Å². The molecule has 1 fully saturated rings. The van der Waals surface area contributed by atoms with E-state index in [1.165, 1.54) is 0 Å². The van der Waals surface area contributed by atoms with Crippen molar-refractivity contribution in [2.45, 2.75) is 57.9 Å². The molecular formula is C13H23N3O2S2. The molecule has 1 saturated carbocycles. The van der Waals surface area contributed by atoms with Gasteiger partial charge in [0.05, 0.1) is 22.0 Å². The first-order valence-corrected chi connectivity index (χ1v) is 9.34. The van der Waals surface area contributed by atoms with E-state index in [2.05, 4.69) is 15.0 Å². The smallest absolute Gasteiger partial charge is 0.216 e. The largest absolute Gasteiger partial charge is 0.313 e. The van der Waals surface area contributed by atoms with Crippen LogP contribution in [0.3, 0.4) is 0 Å². The van der Waals surface area contributed by atoms with Gasteiger partial charge in [-0.05, 0) is 40.5 Å². The van der Waals surface area contributed by atoms with Crippen molar-refractivity contribution in [3.05, 3.63) is 15.6 Å². The maximum Gasteiger partial charge on any atom is 0.216 e. The lowest BCUT2D eigenvalue weighted by Gasteiger charge is -2.18. The van der Waals surface area contributed by atoms with E-state index in [-0.39, 0.29) is 6.04 Å². The van der Waals surface area contributed by atoms with Gasteiger partial charge >= 0.3 is 0 Å². The van der Waals surface area contributed by atoms with Gasteiger partial charge in [-0.2, -0.15) is 0 Å². The Balaban J connectivity index is 1.97. The molecule has 2 rings (SSSR count). The van der Waals surface area contributed by atoms with Crippen LogP contribution in [0.1, 0.15) is 48.3 Å². The molecule has 0 radical (unpaired) electrons. The highest BCUT2D eigenvalue weighted by atomic mass is 32.2. The van der Waals surface area contributed by atoms with Crippen LogP contribution < -0.4 is 10.0 Å². The molecule has 0 saturated heterocycles. The second-order valence-electron chi connectivity index (χ2n) is 5.56. The molecule has 1 heterocycles. The zero-order chi connectivity index (χ0) is 14.9. The van der Waals surface area contributed by atoms with Gasteiger partial charge < -0.3 is 5.32 Å². The van der Waals surface area contributed by atoms with Crippen LogP contribution in [0.4, 0.5) is 0 Å². The molecule has 2 N–H and O–H groups in total. The highest BCUT2D eigenvalue weighted by Gasteiger charge is 2.27. The number of hydrogen-bond donors (Lipinski definition) is 2. The standard InChI is InChI=1S/C13H23N3O2S2/c1-8(7-14-12-5-6-12)20(17,18)16-10(3)13-9(2)15-11(4)19-13/h8,10,12,14,16H,5-7H2,1-4H3. The van der Waals surface area contributed by atoms with Gasteiger partial charge in [-0.25, -0.2) is 18.1 Å². The van der Waals surface area contributed by atoms with Crippen molar-refractivity contribution in [2.24, 2.45) is 0 Å². The zero-order valence-corrected chi connectivity index (χ0v) is 14.1. The lowest BCUT2D eigenvalue weighted by Crippen LogP contribution is -2.40. The first-order valence-electron chi connectivity index (χ1n) is 6.98. The maximum absolute atomic E-state index is 12.3. The second-order valence-corrected chi connectivity index (χ2v) is 8.93. The molecule has 1 aliphatic rings. The van der Waals surface area contributed by atoms with Gasteiger partial charge in [0, 0.05) is 17.5 Å². The molecular weight excluding hydrogens is 294 g/mol. The first-order chi connectivity index (χ1) is 9.29. The fraction of sp³-hybridized carbons (Fsp3) is 0.769. The van der Waals surface area contributed by atoms with Crippen molar-refractivity contribution in [3.63, 3.8) is 0 Å². The van der Waals surface area contributed by atoms with Crippen molar-refractivity contribution >= 4 is 21.4 Å². The van der Waals surface area contributed by atoms with Gasteiger partial charge in [0.15, 0.2) is 0 Å². The monoisotopic (exact) mass is 317 g/mol. The number of nitrogens with one attached hydrogen (secondary N) is 2. The van der Waals surface area contributed by atoms with Crippen molar-refractivity contribution in [3.8, 4) is 0 Å². The van der Waals surface area contributed by atoms with E-state index in [9.17, 15) is 8.42 Å². The molecule has 1 aliphatic carbocycles. The number of nitrogens with zero attached hydrogens (tertiary/aromatic N) is 1. The maximum atomic E-state index is 12.3. The summed E-state index contributed by atoms with van der Waals surface area (Å²) >= 11 is 1.55. The average Bonchev–Trinajstić information content (AvgIpc) is 3.10. The van der Waals surface area contributed by atoms with Crippen LogP contribution in [0.25, 0.3) is 0 Å². The molecule has 0 aromatic carbocycles. The predicted octanol–water partition coefficient (Wildman–Crippen LogP) is 1.88. The van der Waals surface area contributed by atoms with Gasteiger partial charge in [-0.1, -0.05) is 0 Å². The Morgan fingerprint density at radius 3 is 2.50 bits per heavy atom. The normalized spacial score (nSPS) is 19.0. The van der Waals surface area contributed by atoms with Gasteiger partial charge in [0.1, 0.15) is 0 Å². The summed E-state index contributed by atoms with van der Waals surface area (Å²) in [5.74, 6) is 0. The minimum absolute atomic E-state index is 0.227. The Hall–Kier alpha value is -0.500. The summed E-state index contributed by atoms with van der Waals surface area (Å²) in [4.78, 5) is 5.34. The lowest BCUT2D eigenvalue weighted by molar-refractivity contribution is 0.545. The molecule has 2 atom stereocenters. The Morgan fingerprint density at radius 1 is 1.35 bits per heavy atom. The molecule has 2 unspecified atom stereocenters. The van der Waals surface area contributed by atoms with Crippen LogP contribution >= 0.6 is 11.3 Å². The number of sulfonamides is 1. The molecule has 20 heavy (non-hydrogen) atoms. The number of aromatic nitrogens is 1. The summed E-state index contributed by atoms with van der Waals surface area (Å²) in [6.07, 6.45) is 2.33. The van der Waals surface area contributed by atoms with Crippen molar-refractivity contribution in [2.75, 3.05) is 6.54 Å². The zero-order valence-electron chi connectivity index (χ0n) is 12.4. The quantitative estimate of drug-likeness (QED) is 0.805. The fourth-order valence-corrected chi connectivity index (χ4v) is 4.26. The van der Waals surface area contributed by atoms with Crippen LogP contribution in [0.15, 0.2) is 0 Å². The average molecular weight is 317 g/mol. The highest BCUT2D eigenvalue weighted by Crippen LogP contribution is 2.25. The molecule has 0 spiro atoms. The third kappa shape index (κ3) is 4.00. The number of thiazole rings is 1. The van der Waals surface area contributed by atoms with Crippen LogP contribution in [0.5, 0.6) is 0 Å². The summed E-state index contributed by atoms with van der Waals surface area (Å²) in [5.41, 5.74) is 0.909. The van der Waals surface area contributed by atoms with Gasteiger partial charge in [0.25, 0.3) is 0 Å². The summed E-state index contributed by atoms with van der Waals surface area (Å²) in [5, 5.41) is 3.80. The Labute approximate surface area is 125 Å². The number of rotatable bonds is 7. The number of aryl methyl sites for hydroxylation is 2. The Bertz CT molecular complexity index is 564. The van der Waals surface area contributed by atoms with Crippen LogP contribution in [-0.2, 0) is 10.0 Å². The molecule has 7 heteroatoms. The minimum atomic E-state index is -3.32. The number of hydrogen-bond acceptors (Lipinski definition) is 5. The van der Waals surface area contributed by atoms with Crippen molar-refractivity contribution < 1.29 is 8.42 Å². The SMILES string of the molecule is Cc1nc(C)c(C(C)NS(=O)(=O)C(C)CNC2CC2)s1. The van der Waals surface area contributed by atoms with E-state index in [0.29, 0.717) is 12.6 Å². The minimum Gasteiger partial charge on any atom is -0.313 e. The Kier molecular flexibility index (Phi) is 4.84. The highest BCUT2D eigenvalue weighted by molar-refractivity contribution is 7.90. The van der Waals surface area contributed by atoms with E-state index < -0.39 is 15.3 Å². The first kappa shape index (κ1) is 15.9. The third-order valence-corrected chi connectivity index (χ3v) is 6.64. The van der Waals surface area contributed by atoms with Crippen LogP contribution in [0, 0.1) is 13.8 Å². The van der Waals surface area contributed by atoms with Gasteiger partial charge in [-0.3, -0.25) is 0 Å². The fourth-order valence-electron chi connectivity index (χ4n) is 2.09. The molecule has 5 nitrogen and oxygen atoms in total. The molecule has 1 aromatic rings. The summed E-state index contributed by atoms with van der Waals surface area (Å²) < 4.78 is 27.4. The van der Waals surface area contributed by atoms with Gasteiger partial charge in [0.2, 0.25) is 10.0 Å². The van der Waals surface area contributed by atoms with Crippen LogP contribution in [-0.4, -0.2) is 31.2 Å². The summed E-state index contributed by atoms with van der Waals surface area (Å²) in [7, 11) is -3.32. The molecule has 0 amide bonds. The third-order valence-electron chi connectivity index (χ3n) is 3.47. The summed E-state index contributed by atoms with van der Waals surface area (Å²) in [6, 6.07) is 0.297. The van der Waals surface area contributed by atoms with Crippen molar-refractivity contribution in [1.82, 2.24) is 15.0 Å². The van der Waals surface area contributed by atoms with E-state index in [1.807, 2.05) is 20.8 Å². The lowest BCUT2D eigenvalue weighted by atomic mass is 10.2. The van der Waals surface area contributed by atoms with E-state index in [0.717, 1.165) is 28.4 Å². The molecule has 0 bridgehead atoms. The molecule has 1 aromatic heterocycles. The Morgan fingerprint density at radius 2 is 2.00 bits per heavy atom. The summed E-state index contributed by atoms with van der Waals surface area (Å²) in [6.45, 7) is 7.98. The van der Waals surface area contributed by atoms with Crippen molar-refractivity contribution in [1.29, 1.82) is 0 Å². The van der Waals surface area contributed by atoms with Crippen LogP contribution in [0.2, 0.25) is 0 Å². The topological polar surface area (TPSA) is 71.1 Å². The second kappa shape index (κ2) is 6.09. The van der Waals surface area contributed by atoms with E-state index in [1.54, 1.807) is 18.3 Å². The predicted molar refractivity (Wildman–Crippen MR) is 82.5 cm³/mol. The molecule has 0 aliphatic heterocycles. The van der Waals surface area contributed by atoms with E-state index in [4.69, 9.17) is 0 Å².